The van der Waals surface area contributed by atoms with Crippen molar-refractivity contribution in [3.05, 3.63) is 22.7 Å². The predicted molar refractivity (Wildman–Crippen MR) is 95.1 cm³/mol. The third kappa shape index (κ3) is 4.54. The summed E-state index contributed by atoms with van der Waals surface area (Å²) >= 11 is 6.41. The topological polar surface area (TPSA) is 51.2 Å². The Kier molecular flexibility index (Phi) is 7.16. The van der Waals surface area contributed by atoms with Crippen molar-refractivity contribution in [3.63, 3.8) is 0 Å². The van der Waals surface area contributed by atoms with Crippen molar-refractivity contribution in [2.45, 2.75) is 25.8 Å². The minimum atomic E-state index is -0.0860. The Bertz CT molecular complexity index is 540. The maximum atomic E-state index is 9.91. The Morgan fingerprint density at radius 2 is 1.92 bits per heavy atom. The maximum Gasteiger partial charge on any atom is 0.162 e. The molecule has 0 amide bonds. The summed E-state index contributed by atoms with van der Waals surface area (Å²) < 4.78 is 15.9. The summed E-state index contributed by atoms with van der Waals surface area (Å²) in [6, 6.07) is 3.73. The second kappa shape index (κ2) is 8.90. The van der Waals surface area contributed by atoms with E-state index in [0.717, 1.165) is 44.5 Å². The van der Waals surface area contributed by atoms with Crippen LogP contribution in [0.3, 0.4) is 0 Å². The monoisotopic (exact) mass is 357 g/mol. The Morgan fingerprint density at radius 3 is 2.54 bits per heavy atom. The molecule has 136 valence electrons. The lowest BCUT2D eigenvalue weighted by atomic mass is 9.78. The van der Waals surface area contributed by atoms with Crippen LogP contribution in [0.5, 0.6) is 11.5 Å². The van der Waals surface area contributed by atoms with Crippen LogP contribution in [0.25, 0.3) is 0 Å². The number of aliphatic hydroxyl groups excluding tert-OH is 1. The van der Waals surface area contributed by atoms with E-state index in [1.807, 2.05) is 6.07 Å². The summed E-state index contributed by atoms with van der Waals surface area (Å²) in [5, 5.41) is 10.6. The zero-order valence-corrected chi connectivity index (χ0v) is 15.6. The summed E-state index contributed by atoms with van der Waals surface area (Å²) in [5.74, 6) is 1.32. The molecular weight excluding hydrogens is 330 g/mol. The smallest absolute Gasteiger partial charge is 0.162 e. The summed E-state index contributed by atoms with van der Waals surface area (Å²) in [4.78, 5) is 2.35. The molecule has 0 bridgehead atoms. The molecule has 1 saturated heterocycles. The van der Waals surface area contributed by atoms with Crippen LogP contribution in [0, 0.1) is 5.41 Å². The fraction of sp³-hybridized carbons (Fsp3) is 0.667. The number of nitrogens with zero attached hydrogens (tertiary/aromatic N) is 1. The first-order valence-electron chi connectivity index (χ1n) is 8.30. The van der Waals surface area contributed by atoms with E-state index in [1.165, 1.54) is 0 Å². The van der Waals surface area contributed by atoms with Crippen LogP contribution < -0.4 is 9.47 Å². The van der Waals surface area contributed by atoms with Crippen molar-refractivity contribution >= 4 is 11.6 Å². The van der Waals surface area contributed by atoms with E-state index in [4.69, 9.17) is 25.8 Å². The Labute approximate surface area is 149 Å². The van der Waals surface area contributed by atoms with E-state index < -0.39 is 0 Å². The van der Waals surface area contributed by atoms with Gasteiger partial charge in [0.15, 0.2) is 11.5 Å². The van der Waals surface area contributed by atoms with Crippen LogP contribution in [-0.4, -0.2) is 57.6 Å². The lowest BCUT2D eigenvalue weighted by molar-refractivity contribution is 0.00475. The molecule has 0 spiro atoms. The van der Waals surface area contributed by atoms with E-state index in [0.29, 0.717) is 23.1 Å². The summed E-state index contributed by atoms with van der Waals surface area (Å²) in [5.41, 5.74) is 0.923. The molecule has 1 heterocycles. The van der Waals surface area contributed by atoms with Crippen LogP contribution in [0.1, 0.15) is 24.8 Å². The van der Waals surface area contributed by atoms with Crippen molar-refractivity contribution < 1.29 is 19.3 Å². The standard InChI is InChI=1S/C18H28ClNO4/c1-22-8-6-18(13-21)5-4-7-20(12-18)11-14-9-16(23-2)17(24-3)10-15(14)19/h9-10,21H,4-8,11-13H2,1-3H3/t18-/m0/s1. The number of piperidine rings is 1. The summed E-state index contributed by atoms with van der Waals surface area (Å²) in [7, 11) is 4.93. The van der Waals surface area contributed by atoms with Gasteiger partial charge in [0.1, 0.15) is 0 Å². The highest BCUT2D eigenvalue weighted by atomic mass is 35.5. The highest BCUT2D eigenvalue weighted by Crippen LogP contribution is 2.37. The van der Waals surface area contributed by atoms with Gasteiger partial charge in [-0.3, -0.25) is 4.90 Å². The van der Waals surface area contributed by atoms with Crippen LogP contribution in [-0.2, 0) is 11.3 Å². The van der Waals surface area contributed by atoms with Gasteiger partial charge >= 0.3 is 0 Å². The molecule has 5 nitrogen and oxygen atoms in total. The molecule has 1 fully saturated rings. The average molecular weight is 358 g/mol. The number of rotatable bonds is 8. The molecule has 6 heteroatoms. The number of hydrogen-bond acceptors (Lipinski definition) is 5. The second-order valence-electron chi connectivity index (χ2n) is 6.51. The lowest BCUT2D eigenvalue weighted by Gasteiger charge is -2.42. The average Bonchev–Trinajstić information content (AvgIpc) is 2.61. The number of benzene rings is 1. The number of ether oxygens (including phenoxy) is 3. The summed E-state index contributed by atoms with van der Waals surface area (Å²) in [6.07, 6.45) is 2.97. The van der Waals surface area contributed by atoms with Crippen molar-refractivity contribution in [2.24, 2.45) is 5.41 Å². The normalized spacial score (nSPS) is 21.7. The van der Waals surface area contributed by atoms with Gasteiger partial charge in [-0.2, -0.15) is 0 Å². The van der Waals surface area contributed by atoms with Gasteiger partial charge in [-0.05, 0) is 37.4 Å². The quantitative estimate of drug-likeness (QED) is 0.775. The molecule has 0 unspecified atom stereocenters. The molecule has 1 aliphatic heterocycles. The molecule has 0 radical (unpaired) electrons. The first-order chi connectivity index (χ1) is 11.6. The Balaban J connectivity index is 2.12. The molecule has 2 rings (SSSR count). The first-order valence-corrected chi connectivity index (χ1v) is 8.68. The molecule has 0 aliphatic carbocycles. The largest absolute Gasteiger partial charge is 0.493 e. The predicted octanol–water partition coefficient (Wildman–Crippen LogP) is 2.97. The number of halogens is 1. The fourth-order valence-corrected chi connectivity index (χ4v) is 3.65. The number of hydrogen-bond donors (Lipinski definition) is 1. The highest BCUT2D eigenvalue weighted by molar-refractivity contribution is 6.31. The molecule has 0 saturated carbocycles. The molecule has 1 aromatic carbocycles. The van der Waals surface area contributed by atoms with Gasteiger partial charge in [-0.25, -0.2) is 0 Å². The number of likely N-dealkylation sites (tertiary alicyclic amines) is 1. The van der Waals surface area contributed by atoms with Crippen molar-refractivity contribution in [1.82, 2.24) is 4.90 Å². The zero-order chi connectivity index (χ0) is 17.6. The van der Waals surface area contributed by atoms with Gasteiger partial charge in [0, 0.05) is 43.3 Å². The van der Waals surface area contributed by atoms with Gasteiger partial charge < -0.3 is 19.3 Å². The molecule has 1 aromatic rings. The van der Waals surface area contributed by atoms with Crippen molar-refractivity contribution in [2.75, 3.05) is 47.6 Å². The molecule has 1 aliphatic rings. The molecular formula is C18H28ClNO4. The van der Waals surface area contributed by atoms with E-state index >= 15 is 0 Å². The van der Waals surface area contributed by atoms with Gasteiger partial charge in [-0.15, -0.1) is 0 Å². The highest BCUT2D eigenvalue weighted by Gasteiger charge is 2.34. The Hall–Kier alpha value is -1.01. The summed E-state index contributed by atoms with van der Waals surface area (Å²) in [6.45, 7) is 3.43. The maximum absolute atomic E-state index is 9.91. The van der Waals surface area contributed by atoms with Crippen LogP contribution in [0.15, 0.2) is 12.1 Å². The van der Waals surface area contributed by atoms with Crippen molar-refractivity contribution in [3.8, 4) is 11.5 Å². The van der Waals surface area contributed by atoms with Gasteiger partial charge in [0.25, 0.3) is 0 Å². The lowest BCUT2D eigenvalue weighted by Crippen LogP contribution is -2.45. The van der Waals surface area contributed by atoms with Crippen LogP contribution in [0.4, 0.5) is 0 Å². The zero-order valence-electron chi connectivity index (χ0n) is 14.8. The third-order valence-corrected chi connectivity index (χ3v) is 5.21. The van der Waals surface area contributed by atoms with Crippen molar-refractivity contribution in [1.29, 1.82) is 0 Å². The first kappa shape index (κ1) is 19.3. The molecule has 0 aromatic heterocycles. The van der Waals surface area contributed by atoms with Gasteiger partial charge in [0.05, 0.1) is 20.8 Å². The molecule has 1 atom stereocenters. The molecule has 24 heavy (non-hydrogen) atoms. The van der Waals surface area contributed by atoms with Crippen LogP contribution >= 0.6 is 11.6 Å². The van der Waals surface area contributed by atoms with Gasteiger partial charge in [0.2, 0.25) is 0 Å². The SMILES string of the molecule is COCC[C@@]1(CO)CCCN(Cc2cc(OC)c(OC)cc2Cl)C1. The second-order valence-corrected chi connectivity index (χ2v) is 6.92. The minimum Gasteiger partial charge on any atom is -0.493 e. The van der Waals surface area contributed by atoms with Gasteiger partial charge in [-0.1, -0.05) is 11.6 Å². The van der Waals surface area contributed by atoms with E-state index in [9.17, 15) is 5.11 Å². The minimum absolute atomic E-state index is 0.0860. The van der Waals surface area contributed by atoms with E-state index in [2.05, 4.69) is 4.90 Å². The Morgan fingerprint density at radius 1 is 1.21 bits per heavy atom. The van der Waals surface area contributed by atoms with Crippen LogP contribution in [0.2, 0.25) is 5.02 Å². The van der Waals surface area contributed by atoms with E-state index in [-0.39, 0.29) is 12.0 Å². The van der Waals surface area contributed by atoms with E-state index in [1.54, 1.807) is 27.4 Å². The molecule has 1 N–H and O–H groups in total. The number of aliphatic hydroxyl groups is 1. The fourth-order valence-electron chi connectivity index (χ4n) is 3.43. The number of methoxy groups -OCH3 is 3. The third-order valence-electron chi connectivity index (χ3n) is 4.86.